The minimum absolute atomic E-state index is 0.0346. The highest BCUT2D eigenvalue weighted by molar-refractivity contribution is 9.10. The van der Waals surface area contributed by atoms with Crippen molar-refractivity contribution in [3.8, 4) is 0 Å². The first-order chi connectivity index (χ1) is 24.9. The Morgan fingerprint density at radius 2 is 1.62 bits per heavy atom. The molecular weight excluding hydrogens is 741 g/mol. The fourth-order valence-electron chi connectivity index (χ4n) is 8.25. The number of fused-ring (bicyclic) bond motifs is 3. The van der Waals surface area contributed by atoms with Crippen molar-refractivity contribution < 1.29 is 22.8 Å². The number of aromatic nitrogens is 3. The van der Waals surface area contributed by atoms with Crippen molar-refractivity contribution in [3.05, 3.63) is 68.7 Å². The Balaban J connectivity index is 1.06. The van der Waals surface area contributed by atoms with E-state index in [-0.39, 0.29) is 46.4 Å². The molecule has 0 unspecified atom stereocenters. The van der Waals surface area contributed by atoms with Gasteiger partial charge in [-0.25, -0.2) is 4.79 Å². The van der Waals surface area contributed by atoms with E-state index in [1.165, 1.54) is 6.07 Å². The van der Waals surface area contributed by atoms with Crippen LogP contribution in [0.2, 0.25) is 0 Å². The lowest BCUT2D eigenvalue weighted by atomic mass is 9.91. The molecule has 11 nitrogen and oxygen atoms in total. The third-order valence-corrected chi connectivity index (χ3v) is 11.9. The number of likely N-dealkylation sites (tertiary alicyclic amines) is 2. The van der Waals surface area contributed by atoms with E-state index in [9.17, 15) is 27.6 Å². The first-order valence-electron chi connectivity index (χ1n) is 18.0. The van der Waals surface area contributed by atoms with Crippen LogP contribution in [0.1, 0.15) is 49.3 Å². The van der Waals surface area contributed by atoms with Gasteiger partial charge in [-0.05, 0) is 78.8 Å². The molecule has 3 N–H and O–H groups in total. The maximum Gasteiger partial charge on any atom is 0.418 e. The molecule has 2 aromatic carbocycles. The molecule has 0 spiro atoms. The topological polar surface area (TPSA) is 124 Å². The maximum atomic E-state index is 14.2. The van der Waals surface area contributed by atoms with E-state index >= 15 is 0 Å². The summed E-state index contributed by atoms with van der Waals surface area (Å²) in [6.45, 7) is 5.82. The fourth-order valence-corrected chi connectivity index (χ4v) is 8.76. The molecular formula is C37H44BrF3N8O3. The molecule has 1 atom stereocenters. The van der Waals surface area contributed by atoms with E-state index < -0.39 is 23.3 Å². The van der Waals surface area contributed by atoms with Gasteiger partial charge in [0, 0.05) is 80.7 Å². The number of nitrogens with zero attached hydrogens (tertiary/aromatic N) is 6. The number of carbonyl (C=O) groups is 2. The lowest BCUT2D eigenvalue weighted by molar-refractivity contribution is -0.143. The number of rotatable bonds is 7. The fraction of sp³-hybridized carbons (Fsp3) is 0.514. The van der Waals surface area contributed by atoms with Gasteiger partial charge in [-0.3, -0.25) is 24.0 Å². The van der Waals surface area contributed by atoms with Crippen LogP contribution in [-0.2, 0) is 22.2 Å². The van der Waals surface area contributed by atoms with Crippen molar-refractivity contribution in [2.75, 3.05) is 65.1 Å². The highest BCUT2D eigenvalue weighted by Gasteiger charge is 2.37. The zero-order chi connectivity index (χ0) is 36.7. The number of para-hydroxylation sites is 1. The molecule has 4 aromatic rings. The van der Waals surface area contributed by atoms with Gasteiger partial charge >= 0.3 is 11.9 Å². The van der Waals surface area contributed by atoms with Gasteiger partial charge in [0.05, 0.1) is 39.9 Å². The third-order valence-electron chi connectivity index (χ3n) is 11.2. The predicted molar refractivity (Wildman–Crippen MR) is 197 cm³/mol. The van der Waals surface area contributed by atoms with Crippen molar-refractivity contribution >= 4 is 55.4 Å². The number of hydrogen-bond acceptors (Lipinski definition) is 7. The summed E-state index contributed by atoms with van der Waals surface area (Å²) >= 11 is 3.17. The molecule has 52 heavy (non-hydrogen) atoms. The quantitative estimate of drug-likeness (QED) is 0.256. The largest absolute Gasteiger partial charge is 0.418 e. The van der Waals surface area contributed by atoms with Crippen LogP contribution in [0.15, 0.2) is 51.9 Å². The molecule has 3 aliphatic rings. The summed E-state index contributed by atoms with van der Waals surface area (Å²) < 4.78 is 43.5. The average molecular weight is 786 g/mol. The molecule has 3 aliphatic heterocycles. The van der Waals surface area contributed by atoms with Gasteiger partial charge in [-0.15, -0.1) is 0 Å². The Morgan fingerprint density at radius 3 is 2.31 bits per heavy atom. The van der Waals surface area contributed by atoms with Crippen molar-refractivity contribution in [1.29, 1.82) is 0 Å². The van der Waals surface area contributed by atoms with E-state index in [2.05, 4.69) is 42.7 Å². The second-order valence-corrected chi connectivity index (χ2v) is 15.3. The smallest absolute Gasteiger partial charge is 0.397 e. The minimum atomic E-state index is -4.68. The molecule has 2 amide bonds. The number of piperazine rings is 1. The van der Waals surface area contributed by atoms with E-state index in [0.717, 1.165) is 61.5 Å². The number of H-pyrrole nitrogens is 1. The molecule has 0 saturated carbocycles. The van der Waals surface area contributed by atoms with Gasteiger partial charge in [-0.2, -0.15) is 13.2 Å². The number of likely N-dealkylation sites (N-methyl/N-ethyl adjacent to an activating group) is 1. The Bertz CT molecular complexity index is 2010. The Morgan fingerprint density at radius 1 is 0.962 bits per heavy atom. The van der Waals surface area contributed by atoms with Gasteiger partial charge < -0.3 is 25.4 Å². The molecule has 0 radical (unpaired) electrons. The van der Waals surface area contributed by atoms with Gasteiger partial charge in [0.15, 0.2) is 0 Å². The number of alkyl halides is 3. The third kappa shape index (κ3) is 7.44. The summed E-state index contributed by atoms with van der Waals surface area (Å²) in [5.74, 6) is -1.29. The summed E-state index contributed by atoms with van der Waals surface area (Å²) in [5.41, 5.74) is 6.67. The number of aromatic amines is 1. The Hall–Kier alpha value is -3.95. The maximum absolute atomic E-state index is 14.2. The lowest BCUT2D eigenvalue weighted by Crippen LogP contribution is -2.53. The minimum Gasteiger partial charge on any atom is -0.397 e. The number of amides is 2. The summed E-state index contributed by atoms with van der Waals surface area (Å²) in [6.07, 6.45) is -0.448. The number of hydrogen-bond donors (Lipinski definition) is 2. The second kappa shape index (κ2) is 14.8. The normalized spacial score (nSPS) is 19.5. The van der Waals surface area contributed by atoms with E-state index in [1.54, 1.807) is 20.6 Å². The molecule has 5 heterocycles. The van der Waals surface area contributed by atoms with Crippen LogP contribution in [0.4, 0.5) is 18.9 Å². The van der Waals surface area contributed by atoms with E-state index in [1.807, 2.05) is 24.3 Å². The summed E-state index contributed by atoms with van der Waals surface area (Å²) in [6, 6.07) is 10.3. The standard InChI is InChI=1S/C37H44BrF3N8O3/c1-45-14-16-46(17-15-45)25-6-12-48(13-7-25)35(51)24(18-23-19-28(37(39,40)41)33(42)29(38)20-23)21-32(50)47-10-8-26(9-11-47)49-31-22-43-30-5-3-2-4-27(30)34(31)44-36(49)52/h2-5,19-20,22,24-26H,6-18,21,42H2,1H3,(H,44,52)/t24-/m0/s1. The van der Waals surface area contributed by atoms with Crippen molar-refractivity contribution in [3.63, 3.8) is 0 Å². The first kappa shape index (κ1) is 36.4. The highest BCUT2D eigenvalue weighted by Crippen LogP contribution is 2.39. The number of halogens is 4. The van der Waals surface area contributed by atoms with Crippen LogP contribution in [0, 0.1) is 5.92 Å². The van der Waals surface area contributed by atoms with Crippen LogP contribution in [-0.4, -0.2) is 111 Å². The summed E-state index contributed by atoms with van der Waals surface area (Å²) in [5, 5.41) is 0.859. The molecule has 3 fully saturated rings. The molecule has 3 saturated heterocycles. The summed E-state index contributed by atoms with van der Waals surface area (Å²) in [7, 11) is 2.11. The highest BCUT2D eigenvalue weighted by atomic mass is 79.9. The van der Waals surface area contributed by atoms with E-state index in [0.29, 0.717) is 50.6 Å². The first-order valence-corrected chi connectivity index (χ1v) is 18.8. The predicted octanol–water partition coefficient (Wildman–Crippen LogP) is 4.89. The van der Waals surface area contributed by atoms with Gasteiger partial charge in [0.1, 0.15) is 0 Å². The number of nitrogen functional groups attached to an aromatic ring is 1. The molecule has 0 bridgehead atoms. The number of anilines is 1. The van der Waals surface area contributed by atoms with Gasteiger partial charge in [0.2, 0.25) is 11.8 Å². The number of benzene rings is 2. The Kier molecular flexibility index (Phi) is 10.4. The van der Waals surface area contributed by atoms with Crippen LogP contribution < -0.4 is 11.4 Å². The number of pyridine rings is 1. The zero-order valence-electron chi connectivity index (χ0n) is 29.2. The second-order valence-electron chi connectivity index (χ2n) is 14.5. The van der Waals surface area contributed by atoms with E-state index in [4.69, 9.17) is 5.73 Å². The molecule has 15 heteroatoms. The number of imidazole rings is 1. The number of nitrogens with two attached hydrogens (primary N) is 1. The average Bonchev–Trinajstić information content (AvgIpc) is 3.48. The monoisotopic (exact) mass is 784 g/mol. The van der Waals surface area contributed by atoms with Crippen LogP contribution >= 0.6 is 15.9 Å². The Labute approximate surface area is 308 Å². The SMILES string of the molecule is CN1CCN(C2CCN(C(=O)[C@H](CC(=O)N3CCC(n4c(=O)[nH]c5c6ccccc6ncc54)CC3)Cc3cc(Br)c(N)c(C(F)(F)F)c3)CC2)CC1. The van der Waals surface area contributed by atoms with Crippen LogP contribution in [0.25, 0.3) is 21.9 Å². The number of piperidine rings is 2. The van der Waals surface area contributed by atoms with Gasteiger partial charge in [-0.1, -0.05) is 18.2 Å². The van der Waals surface area contributed by atoms with Crippen molar-refractivity contribution in [2.45, 2.75) is 56.8 Å². The molecule has 7 rings (SSSR count). The molecule has 2 aromatic heterocycles. The molecule has 0 aliphatic carbocycles. The zero-order valence-corrected chi connectivity index (χ0v) is 30.8. The number of nitrogens with one attached hydrogen (secondary N) is 1. The van der Waals surface area contributed by atoms with Crippen molar-refractivity contribution in [1.82, 2.24) is 34.1 Å². The van der Waals surface area contributed by atoms with Gasteiger partial charge in [0.25, 0.3) is 0 Å². The lowest BCUT2D eigenvalue weighted by Gasteiger charge is -2.42. The summed E-state index contributed by atoms with van der Waals surface area (Å²) in [4.78, 5) is 57.1. The van der Waals surface area contributed by atoms with Crippen molar-refractivity contribution in [2.24, 2.45) is 5.92 Å². The molecule has 278 valence electrons. The number of carbonyl (C=O) groups excluding carboxylic acids is 2. The van der Waals surface area contributed by atoms with Crippen LogP contribution in [0.3, 0.4) is 0 Å². The van der Waals surface area contributed by atoms with Crippen LogP contribution in [0.5, 0.6) is 0 Å².